The van der Waals surface area contributed by atoms with E-state index in [0.717, 1.165) is 35.0 Å². The Morgan fingerprint density at radius 2 is 2.00 bits per heavy atom. The summed E-state index contributed by atoms with van der Waals surface area (Å²) in [6.07, 6.45) is 1.81. The van der Waals surface area contributed by atoms with E-state index >= 15 is 0 Å². The van der Waals surface area contributed by atoms with E-state index in [2.05, 4.69) is 26.0 Å². The van der Waals surface area contributed by atoms with E-state index in [1.807, 2.05) is 26.8 Å². The Bertz CT molecular complexity index is 610. The lowest BCUT2D eigenvalue weighted by Gasteiger charge is -2.16. The number of halogens is 1. The summed E-state index contributed by atoms with van der Waals surface area (Å²) in [5, 5.41) is 3.21. The maximum absolute atomic E-state index is 12.5. The Kier molecular flexibility index (Phi) is 4.59. The zero-order chi connectivity index (χ0) is 15.0. The SMILES string of the molecule is CCNCc1cc(Br)c(C)c(S(=O)(=O)NC2(C)CC2)c1. The molecule has 6 heteroatoms. The van der Waals surface area contributed by atoms with Crippen molar-refractivity contribution < 1.29 is 8.42 Å². The van der Waals surface area contributed by atoms with Crippen molar-refractivity contribution in [3.8, 4) is 0 Å². The molecule has 1 saturated carbocycles. The normalized spacial score (nSPS) is 17.2. The van der Waals surface area contributed by atoms with E-state index in [-0.39, 0.29) is 5.54 Å². The number of benzene rings is 1. The summed E-state index contributed by atoms with van der Waals surface area (Å²) in [6.45, 7) is 7.30. The molecule has 2 N–H and O–H groups in total. The summed E-state index contributed by atoms with van der Waals surface area (Å²) >= 11 is 3.46. The highest BCUT2D eigenvalue weighted by atomic mass is 79.9. The molecule has 2 rings (SSSR count). The van der Waals surface area contributed by atoms with Crippen LogP contribution in [0.3, 0.4) is 0 Å². The summed E-state index contributed by atoms with van der Waals surface area (Å²) < 4.78 is 28.7. The third kappa shape index (κ3) is 3.61. The molecule has 1 fully saturated rings. The molecule has 0 saturated heterocycles. The molecule has 0 spiro atoms. The number of hydrogen-bond donors (Lipinski definition) is 2. The number of nitrogens with one attached hydrogen (secondary N) is 2. The largest absolute Gasteiger partial charge is 0.313 e. The number of rotatable bonds is 6. The molecule has 1 aliphatic carbocycles. The van der Waals surface area contributed by atoms with Crippen LogP contribution in [0.1, 0.15) is 37.8 Å². The lowest BCUT2D eigenvalue weighted by Crippen LogP contribution is -2.34. The van der Waals surface area contributed by atoms with Gasteiger partial charge < -0.3 is 5.32 Å². The van der Waals surface area contributed by atoms with Crippen LogP contribution in [0.4, 0.5) is 0 Å². The van der Waals surface area contributed by atoms with Crippen molar-refractivity contribution in [1.29, 1.82) is 0 Å². The fraction of sp³-hybridized carbons (Fsp3) is 0.571. The molecule has 0 aliphatic heterocycles. The van der Waals surface area contributed by atoms with Crippen molar-refractivity contribution in [2.45, 2.75) is 50.6 Å². The van der Waals surface area contributed by atoms with E-state index in [1.165, 1.54) is 0 Å². The molecule has 1 aromatic rings. The first-order valence-electron chi connectivity index (χ1n) is 6.81. The van der Waals surface area contributed by atoms with Crippen LogP contribution in [0.2, 0.25) is 0 Å². The van der Waals surface area contributed by atoms with Gasteiger partial charge in [-0.25, -0.2) is 13.1 Å². The first-order valence-corrected chi connectivity index (χ1v) is 9.09. The van der Waals surface area contributed by atoms with Crippen LogP contribution in [0, 0.1) is 6.92 Å². The van der Waals surface area contributed by atoms with Crippen molar-refractivity contribution in [1.82, 2.24) is 10.0 Å². The van der Waals surface area contributed by atoms with Gasteiger partial charge in [-0.05, 0) is 56.5 Å². The number of hydrogen-bond acceptors (Lipinski definition) is 3. The van der Waals surface area contributed by atoms with Crippen LogP contribution in [0.5, 0.6) is 0 Å². The minimum absolute atomic E-state index is 0.255. The Labute approximate surface area is 129 Å². The second kappa shape index (κ2) is 5.75. The van der Waals surface area contributed by atoms with Crippen molar-refractivity contribution in [3.63, 3.8) is 0 Å². The van der Waals surface area contributed by atoms with Crippen molar-refractivity contribution >= 4 is 26.0 Å². The monoisotopic (exact) mass is 360 g/mol. The van der Waals surface area contributed by atoms with Gasteiger partial charge in [0.05, 0.1) is 4.90 Å². The van der Waals surface area contributed by atoms with Crippen molar-refractivity contribution in [2.24, 2.45) is 0 Å². The summed E-state index contributed by atoms with van der Waals surface area (Å²) in [7, 11) is -3.46. The quantitative estimate of drug-likeness (QED) is 0.819. The molecular weight excluding hydrogens is 340 g/mol. The third-order valence-corrected chi connectivity index (χ3v) is 6.19. The second-order valence-corrected chi connectivity index (χ2v) is 8.15. The standard InChI is InChI=1S/C14H21BrN2O2S/c1-4-16-9-11-7-12(15)10(2)13(8-11)20(18,19)17-14(3)5-6-14/h7-8,16-17H,4-6,9H2,1-3H3. The molecule has 1 aromatic carbocycles. The average molecular weight is 361 g/mol. The van der Waals surface area contributed by atoms with E-state index in [9.17, 15) is 8.42 Å². The lowest BCUT2D eigenvalue weighted by molar-refractivity contribution is 0.557. The molecule has 0 heterocycles. The van der Waals surface area contributed by atoms with Crippen LogP contribution < -0.4 is 10.0 Å². The molecular formula is C14H21BrN2O2S. The van der Waals surface area contributed by atoms with E-state index in [4.69, 9.17) is 0 Å². The summed E-state index contributed by atoms with van der Waals surface area (Å²) in [4.78, 5) is 0.368. The van der Waals surface area contributed by atoms with Crippen LogP contribution in [0.25, 0.3) is 0 Å². The van der Waals surface area contributed by atoms with Gasteiger partial charge >= 0.3 is 0 Å². The van der Waals surface area contributed by atoms with Gasteiger partial charge in [-0.2, -0.15) is 0 Å². The summed E-state index contributed by atoms with van der Waals surface area (Å²) in [6, 6.07) is 3.73. The van der Waals surface area contributed by atoms with Crippen LogP contribution in [-0.4, -0.2) is 20.5 Å². The van der Waals surface area contributed by atoms with Gasteiger partial charge in [-0.15, -0.1) is 0 Å². The molecule has 0 bridgehead atoms. The second-order valence-electron chi connectivity index (χ2n) is 5.65. The highest BCUT2D eigenvalue weighted by molar-refractivity contribution is 9.10. The third-order valence-electron chi connectivity index (χ3n) is 3.61. The Hall–Kier alpha value is -0.430. The predicted octanol–water partition coefficient (Wildman–Crippen LogP) is 2.70. The van der Waals surface area contributed by atoms with Crippen LogP contribution in [0.15, 0.2) is 21.5 Å². The summed E-state index contributed by atoms with van der Waals surface area (Å²) in [5.74, 6) is 0. The van der Waals surface area contributed by atoms with Gasteiger partial charge in [-0.3, -0.25) is 0 Å². The van der Waals surface area contributed by atoms with Gasteiger partial charge in [0.2, 0.25) is 10.0 Å². The Morgan fingerprint density at radius 3 is 2.55 bits per heavy atom. The smallest absolute Gasteiger partial charge is 0.241 e. The Balaban J connectivity index is 2.36. The molecule has 0 unspecified atom stereocenters. The van der Waals surface area contributed by atoms with Crippen LogP contribution in [-0.2, 0) is 16.6 Å². The highest BCUT2D eigenvalue weighted by Gasteiger charge is 2.41. The van der Waals surface area contributed by atoms with E-state index < -0.39 is 10.0 Å². The molecule has 112 valence electrons. The first kappa shape index (κ1) is 15.9. The number of sulfonamides is 1. The van der Waals surface area contributed by atoms with E-state index in [1.54, 1.807) is 6.07 Å². The molecule has 4 nitrogen and oxygen atoms in total. The topological polar surface area (TPSA) is 58.2 Å². The highest BCUT2D eigenvalue weighted by Crippen LogP contribution is 2.37. The van der Waals surface area contributed by atoms with Gasteiger partial charge in [-0.1, -0.05) is 22.9 Å². The van der Waals surface area contributed by atoms with E-state index in [0.29, 0.717) is 11.4 Å². The van der Waals surface area contributed by atoms with Crippen molar-refractivity contribution in [3.05, 3.63) is 27.7 Å². The van der Waals surface area contributed by atoms with Crippen molar-refractivity contribution in [2.75, 3.05) is 6.54 Å². The minimum atomic E-state index is -3.46. The van der Waals surface area contributed by atoms with Gasteiger partial charge in [0.25, 0.3) is 0 Å². The predicted molar refractivity (Wildman–Crippen MR) is 84.2 cm³/mol. The molecule has 0 radical (unpaired) electrons. The zero-order valence-corrected chi connectivity index (χ0v) is 14.5. The molecule has 1 aliphatic rings. The summed E-state index contributed by atoms with van der Waals surface area (Å²) in [5.41, 5.74) is 1.46. The Morgan fingerprint density at radius 1 is 1.35 bits per heavy atom. The minimum Gasteiger partial charge on any atom is -0.313 e. The fourth-order valence-electron chi connectivity index (χ4n) is 2.03. The lowest BCUT2D eigenvalue weighted by atomic mass is 10.1. The maximum atomic E-state index is 12.5. The fourth-order valence-corrected chi connectivity index (χ4v) is 4.45. The average Bonchev–Trinajstić information content (AvgIpc) is 3.06. The van der Waals surface area contributed by atoms with Gasteiger partial charge in [0, 0.05) is 16.6 Å². The molecule has 0 amide bonds. The van der Waals surface area contributed by atoms with Gasteiger partial charge in [0.1, 0.15) is 0 Å². The maximum Gasteiger partial charge on any atom is 0.241 e. The molecule has 20 heavy (non-hydrogen) atoms. The van der Waals surface area contributed by atoms with Gasteiger partial charge in [0.15, 0.2) is 0 Å². The zero-order valence-electron chi connectivity index (χ0n) is 12.1. The first-order chi connectivity index (χ1) is 9.27. The van der Waals surface area contributed by atoms with Crippen LogP contribution >= 0.6 is 15.9 Å². The molecule has 0 atom stereocenters. The molecule has 0 aromatic heterocycles.